The van der Waals surface area contributed by atoms with E-state index in [2.05, 4.69) is 5.32 Å². The van der Waals surface area contributed by atoms with Crippen LogP contribution in [0.2, 0.25) is 0 Å². The van der Waals surface area contributed by atoms with Gasteiger partial charge in [-0.25, -0.2) is 4.79 Å². The quantitative estimate of drug-likeness (QED) is 0.824. The number of nitrogens with one attached hydrogen (secondary N) is 1. The van der Waals surface area contributed by atoms with Crippen LogP contribution in [0.25, 0.3) is 0 Å². The van der Waals surface area contributed by atoms with E-state index in [0.717, 1.165) is 25.7 Å². The highest BCUT2D eigenvalue weighted by atomic mass is 16.6. The number of carbonyl (C=O) groups is 2. The summed E-state index contributed by atoms with van der Waals surface area (Å²) < 4.78 is 5.37. The molecule has 6 heteroatoms. The van der Waals surface area contributed by atoms with Crippen molar-refractivity contribution in [3.63, 3.8) is 0 Å². The van der Waals surface area contributed by atoms with Crippen molar-refractivity contribution < 1.29 is 19.4 Å². The summed E-state index contributed by atoms with van der Waals surface area (Å²) in [5.74, 6) is -0.880. The Labute approximate surface area is 120 Å². The Hall–Kier alpha value is -1.30. The van der Waals surface area contributed by atoms with Crippen molar-refractivity contribution in [3.8, 4) is 0 Å². The van der Waals surface area contributed by atoms with Crippen LogP contribution in [0, 0.1) is 0 Å². The zero-order chi connectivity index (χ0) is 15.3. The van der Waals surface area contributed by atoms with Crippen molar-refractivity contribution in [2.75, 3.05) is 13.6 Å². The maximum absolute atomic E-state index is 12.1. The SMILES string of the molecule is CN(C(=O)OC(C)(C)C)[C@@H]1CCCC[C@@H]1NCC(=O)O. The van der Waals surface area contributed by atoms with Crippen molar-refractivity contribution in [3.05, 3.63) is 0 Å². The summed E-state index contributed by atoms with van der Waals surface area (Å²) >= 11 is 0. The lowest BCUT2D eigenvalue weighted by Crippen LogP contribution is -2.54. The number of carboxylic acids is 1. The number of rotatable bonds is 4. The lowest BCUT2D eigenvalue weighted by atomic mass is 9.89. The number of nitrogens with zero attached hydrogens (tertiary/aromatic N) is 1. The van der Waals surface area contributed by atoms with Gasteiger partial charge in [-0.05, 0) is 33.6 Å². The lowest BCUT2D eigenvalue weighted by Gasteiger charge is -2.38. The summed E-state index contributed by atoms with van der Waals surface area (Å²) in [7, 11) is 1.72. The molecule has 0 spiro atoms. The van der Waals surface area contributed by atoms with Crippen LogP contribution in [0.1, 0.15) is 46.5 Å². The van der Waals surface area contributed by atoms with E-state index < -0.39 is 11.6 Å². The number of hydrogen-bond donors (Lipinski definition) is 2. The lowest BCUT2D eigenvalue weighted by molar-refractivity contribution is -0.136. The van der Waals surface area contributed by atoms with Crippen LogP contribution in [0.4, 0.5) is 4.79 Å². The number of ether oxygens (including phenoxy) is 1. The molecule has 2 N–H and O–H groups in total. The predicted octanol–water partition coefficient (Wildman–Crippen LogP) is 1.84. The molecule has 1 fully saturated rings. The highest BCUT2D eigenvalue weighted by Crippen LogP contribution is 2.24. The molecule has 0 aromatic heterocycles. The maximum Gasteiger partial charge on any atom is 0.410 e. The molecule has 0 bridgehead atoms. The fourth-order valence-corrected chi connectivity index (χ4v) is 2.50. The van der Waals surface area contributed by atoms with E-state index in [4.69, 9.17) is 9.84 Å². The summed E-state index contributed by atoms with van der Waals surface area (Å²) in [5, 5.41) is 11.8. The highest BCUT2D eigenvalue weighted by molar-refractivity contribution is 5.69. The van der Waals surface area contributed by atoms with Gasteiger partial charge in [0.15, 0.2) is 0 Å². The van der Waals surface area contributed by atoms with Gasteiger partial charge in [-0.1, -0.05) is 12.8 Å². The summed E-state index contributed by atoms with van der Waals surface area (Å²) in [5.41, 5.74) is -0.524. The molecular formula is C14H26N2O4. The third kappa shape index (κ3) is 5.36. The van der Waals surface area contributed by atoms with Gasteiger partial charge < -0.3 is 20.1 Å². The van der Waals surface area contributed by atoms with E-state index >= 15 is 0 Å². The van der Waals surface area contributed by atoms with Crippen LogP contribution < -0.4 is 5.32 Å². The zero-order valence-electron chi connectivity index (χ0n) is 12.8. The van der Waals surface area contributed by atoms with Gasteiger partial charge >= 0.3 is 12.1 Å². The number of aliphatic carboxylic acids is 1. The number of amides is 1. The molecule has 0 aromatic carbocycles. The first-order valence-corrected chi connectivity index (χ1v) is 7.11. The minimum Gasteiger partial charge on any atom is -0.480 e. The molecule has 0 radical (unpaired) electrons. The van der Waals surface area contributed by atoms with Gasteiger partial charge in [-0.2, -0.15) is 0 Å². The maximum atomic E-state index is 12.1. The van der Waals surface area contributed by atoms with E-state index in [1.54, 1.807) is 11.9 Å². The van der Waals surface area contributed by atoms with E-state index in [1.165, 1.54) is 0 Å². The first kappa shape index (κ1) is 16.8. The molecule has 1 rings (SSSR count). The molecule has 20 heavy (non-hydrogen) atoms. The Morgan fingerprint density at radius 1 is 1.30 bits per heavy atom. The zero-order valence-corrected chi connectivity index (χ0v) is 12.8. The number of carbonyl (C=O) groups excluding carboxylic acids is 1. The van der Waals surface area contributed by atoms with Crippen molar-refractivity contribution in [1.29, 1.82) is 0 Å². The van der Waals surface area contributed by atoms with E-state index in [-0.39, 0.29) is 24.7 Å². The van der Waals surface area contributed by atoms with E-state index in [1.807, 2.05) is 20.8 Å². The molecule has 0 aromatic rings. The number of hydrogen-bond acceptors (Lipinski definition) is 4. The molecule has 1 saturated carbocycles. The van der Waals surface area contributed by atoms with Gasteiger partial charge in [-0.3, -0.25) is 4.79 Å². The van der Waals surface area contributed by atoms with Gasteiger partial charge in [0, 0.05) is 13.1 Å². The third-order valence-electron chi connectivity index (χ3n) is 3.42. The van der Waals surface area contributed by atoms with Crippen LogP contribution in [0.15, 0.2) is 0 Å². The average molecular weight is 286 g/mol. The van der Waals surface area contributed by atoms with Crippen LogP contribution in [0.3, 0.4) is 0 Å². The molecule has 0 aliphatic heterocycles. The summed E-state index contributed by atoms with van der Waals surface area (Å²) in [6.07, 6.45) is 3.49. The second-order valence-corrected chi connectivity index (χ2v) is 6.32. The summed E-state index contributed by atoms with van der Waals surface area (Å²) in [4.78, 5) is 24.4. The van der Waals surface area contributed by atoms with Crippen LogP contribution >= 0.6 is 0 Å². The molecule has 116 valence electrons. The number of carboxylic acid groups (broad SMARTS) is 1. The Morgan fingerprint density at radius 2 is 1.90 bits per heavy atom. The Kier molecular flexibility index (Phi) is 5.80. The van der Waals surface area contributed by atoms with Crippen molar-refractivity contribution >= 4 is 12.1 Å². The van der Waals surface area contributed by atoms with Gasteiger partial charge in [0.1, 0.15) is 5.60 Å². The first-order valence-electron chi connectivity index (χ1n) is 7.11. The smallest absolute Gasteiger partial charge is 0.410 e. The molecule has 2 atom stereocenters. The third-order valence-corrected chi connectivity index (χ3v) is 3.42. The second-order valence-electron chi connectivity index (χ2n) is 6.32. The minimum atomic E-state index is -0.880. The van der Waals surface area contributed by atoms with Crippen molar-refractivity contribution in [1.82, 2.24) is 10.2 Å². The standard InChI is InChI=1S/C14H26N2O4/c1-14(2,3)20-13(19)16(4)11-8-6-5-7-10(11)15-9-12(17)18/h10-11,15H,5-9H2,1-4H3,(H,17,18)/t10-,11+/m0/s1. The monoisotopic (exact) mass is 286 g/mol. The molecule has 0 heterocycles. The van der Waals surface area contributed by atoms with Gasteiger partial charge in [0.05, 0.1) is 12.6 Å². The minimum absolute atomic E-state index is 0.0115. The molecule has 0 saturated heterocycles. The highest BCUT2D eigenvalue weighted by Gasteiger charge is 2.32. The van der Waals surface area contributed by atoms with Crippen molar-refractivity contribution in [2.24, 2.45) is 0 Å². The van der Waals surface area contributed by atoms with E-state index in [9.17, 15) is 9.59 Å². The first-order chi connectivity index (χ1) is 9.20. The van der Waals surface area contributed by atoms with Gasteiger partial charge in [0.2, 0.25) is 0 Å². The fourth-order valence-electron chi connectivity index (χ4n) is 2.50. The van der Waals surface area contributed by atoms with Gasteiger partial charge in [-0.15, -0.1) is 0 Å². The molecule has 1 amide bonds. The van der Waals surface area contributed by atoms with Crippen LogP contribution in [0.5, 0.6) is 0 Å². The summed E-state index contributed by atoms with van der Waals surface area (Å²) in [6, 6.07) is -0.00433. The second kappa shape index (κ2) is 6.92. The predicted molar refractivity (Wildman–Crippen MR) is 75.7 cm³/mol. The topological polar surface area (TPSA) is 78.9 Å². The molecule has 6 nitrogen and oxygen atoms in total. The normalized spacial score (nSPS) is 23.2. The molecule has 1 aliphatic carbocycles. The average Bonchev–Trinajstić information content (AvgIpc) is 2.33. The Morgan fingerprint density at radius 3 is 2.45 bits per heavy atom. The number of likely N-dealkylation sites (N-methyl/N-ethyl adjacent to an activating group) is 1. The van der Waals surface area contributed by atoms with Crippen molar-refractivity contribution in [2.45, 2.75) is 64.1 Å². The van der Waals surface area contributed by atoms with E-state index in [0.29, 0.717) is 0 Å². The molecule has 1 aliphatic rings. The van der Waals surface area contributed by atoms with Gasteiger partial charge in [0.25, 0.3) is 0 Å². The summed E-state index contributed by atoms with van der Waals surface area (Å²) in [6.45, 7) is 5.42. The largest absolute Gasteiger partial charge is 0.480 e. The Bertz CT molecular complexity index is 352. The fraction of sp³-hybridized carbons (Fsp3) is 0.857. The Balaban J connectivity index is 2.64. The molecule has 0 unspecified atom stereocenters. The van der Waals surface area contributed by atoms with Crippen LogP contribution in [-0.4, -0.2) is 53.3 Å². The molecular weight excluding hydrogens is 260 g/mol. The van der Waals surface area contributed by atoms with Crippen LogP contribution in [-0.2, 0) is 9.53 Å².